The zero-order chi connectivity index (χ0) is 54.1. The first-order valence-electron chi connectivity index (χ1n) is 27.9. The molecule has 3 heterocycles. The molecule has 0 unspecified atom stereocenters. The molecule has 0 saturated heterocycles. The Morgan fingerprint density at radius 3 is 0.890 bits per heavy atom. The topological polar surface area (TPSA) is 42.1 Å². The number of anilines is 6. The third-order valence-electron chi connectivity index (χ3n) is 16.3. The first kappa shape index (κ1) is 47.0. The lowest BCUT2D eigenvalue weighted by Crippen LogP contribution is -2.11. The summed E-state index contributed by atoms with van der Waals surface area (Å²) in [4.78, 5) is 15.9. The van der Waals surface area contributed by atoms with Crippen molar-refractivity contribution in [1.29, 1.82) is 0 Å². The van der Waals surface area contributed by atoms with Crippen molar-refractivity contribution in [2.75, 3.05) is 9.80 Å². The van der Waals surface area contributed by atoms with Crippen LogP contribution in [0.25, 0.3) is 110 Å². The van der Waals surface area contributed by atoms with E-state index in [1.165, 1.54) is 43.6 Å². The van der Waals surface area contributed by atoms with Gasteiger partial charge in [-0.3, -0.25) is 0 Å². The minimum Gasteiger partial charge on any atom is -0.310 e. The fourth-order valence-electron chi connectivity index (χ4n) is 12.7. The van der Waals surface area contributed by atoms with Crippen molar-refractivity contribution in [1.82, 2.24) is 19.1 Å². The van der Waals surface area contributed by atoms with Gasteiger partial charge in [0.05, 0.1) is 55.9 Å². The highest BCUT2D eigenvalue weighted by molar-refractivity contribution is 6.13. The Labute approximate surface area is 473 Å². The van der Waals surface area contributed by atoms with Crippen LogP contribution < -0.4 is 9.80 Å². The second kappa shape index (κ2) is 19.4. The van der Waals surface area contributed by atoms with E-state index in [1.807, 2.05) is 12.1 Å². The molecule has 6 heteroatoms. The van der Waals surface area contributed by atoms with Crippen molar-refractivity contribution in [3.63, 3.8) is 0 Å². The molecule has 0 N–H and O–H groups in total. The quantitative estimate of drug-likeness (QED) is 0.137. The Bertz CT molecular complexity index is 4670. The molecule has 0 atom stereocenters. The second-order valence-electron chi connectivity index (χ2n) is 20.9. The summed E-state index contributed by atoms with van der Waals surface area (Å²) in [5.41, 5.74) is 18.6. The molecule has 0 aliphatic rings. The number of hydrogen-bond donors (Lipinski definition) is 0. The highest BCUT2D eigenvalue weighted by atomic mass is 15.2. The van der Waals surface area contributed by atoms with Gasteiger partial charge in [-0.05, 0) is 132 Å². The Balaban J connectivity index is 0.834. The van der Waals surface area contributed by atoms with Crippen molar-refractivity contribution in [2.24, 2.45) is 0 Å². The van der Waals surface area contributed by atoms with E-state index in [1.54, 1.807) is 0 Å². The van der Waals surface area contributed by atoms with Crippen LogP contribution in [-0.2, 0) is 0 Å². The zero-order valence-electron chi connectivity index (χ0n) is 44.6. The SMILES string of the molecule is c1ccc(N(c2ccc(-n3c4ccccc4c4ccccc43)cc2)c2cccc3c(-c4nc5ccccc5nc4-c4cccc5c(N(c6ccccc6)c6ccc(-n7c8ccccc8c8ccccc87)cc6)cccc45)cccc23)cc1. The Hall–Kier alpha value is -11.1. The molecule has 82 heavy (non-hydrogen) atoms. The Kier molecular flexibility index (Phi) is 11.1. The zero-order valence-corrected chi connectivity index (χ0v) is 44.6. The van der Waals surface area contributed by atoms with Crippen LogP contribution in [-0.4, -0.2) is 19.1 Å². The molecule has 0 radical (unpaired) electrons. The van der Waals surface area contributed by atoms with Gasteiger partial charge in [0, 0.05) is 77.6 Å². The molecular weight excluding hydrogens is 997 g/mol. The largest absolute Gasteiger partial charge is 0.310 e. The van der Waals surface area contributed by atoms with Crippen LogP contribution in [0.4, 0.5) is 34.1 Å². The summed E-state index contributed by atoms with van der Waals surface area (Å²) >= 11 is 0. The highest BCUT2D eigenvalue weighted by Gasteiger charge is 2.24. The molecule has 0 fully saturated rings. The first-order chi connectivity index (χ1) is 40.7. The van der Waals surface area contributed by atoms with Crippen LogP contribution in [0.15, 0.2) is 303 Å². The smallest absolute Gasteiger partial charge is 0.0979 e. The second-order valence-corrected chi connectivity index (χ2v) is 20.9. The third kappa shape index (κ3) is 7.65. The number of benzene rings is 13. The van der Waals surface area contributed by atoms with E-state index in [4.69, 9.17) is 9.97 Å². The fourth-order valence-corrected chi connectivity index (χ4v) is 12.7. The molecule has 0 spiro atoms. The van der Waals surface area contributed by atoms with Gasteiger partial charge in [-0.1, -0.05) is 182 Å². The van der Waals surface area contributed by atoms with Crippen LogP contribution in [0, 0.1) is 0 Å². The summed E-state index contributed by atoms with van der Waals surface area (Å²) < 4.78 is 4.74. The van der Waals surface area contributed by atoms with Gasteiger partial charge >= 0.3 is 0 Å². The van der Waals surface area contributed by atoms with E-state index < -0.39 is 0 Å². The average molecular weight is 1050 g/mol. The lowest BCUT2D eigenvalue weighted by molar-refractivity contribution is 1.17. The molecule has 6 nitrogen and oxygen atoms in total. The van der Waals surface area contributed by atoms with Gasteiger partial charge in [-0.25, -0.2) is 9.97 Å². The number of hydrogen-bond acceptors (Lipinski definition) is 4. The molecule has 16 aromatic rings. The van der Waals surface area contributed by atoms with Crippen LogP contribution >= 0.6 is 0 Å². The molecule has 0 aliphatic heterocycles. The number of rotatable bonds is 10. The van der Waals surface area contributed by atoms with Crippen molar-refractivity contribution in [2.45, 2.75) is 0 Å². The van der Waals surface area contributed by atoms with E-state index >= 15 is 0 Å². The summed E-state index contributed by atoms with van der Waals surface area (Å²) in [7, 11) is 0. The summed E-state index contributed by atoms with van der Waals surface area (Å²) in [6.45, 7) is 0. The van der Waals surface area contributed by atoms with Gasteiger partial charge in [0.2, 0.25) is 0 Å². The molecule has 0 bridgehead atoms. The first-order valence-corrected chi connectivity index (χ1v) is 27.9. The molecule has 13 aromatic carbocycles. The molecule has 384 valence electrons. The van der Waals surface area contributed by atoms with E-state index in [0.29, 0.717) is 0 Å². The van der Waals surface area contributed by atoms with Crippen LogP contribution in [0.3, 0.4) is 0 Å². The van der Waals surface area contributed by atoms with Crippen molar-refractivity contribution in [3.05, 3.63) is 303 Å². The summed E-state index contributed by atoms with van der Waals surface area (Å²) in [6.07, 6.45) is 0. The van der Waals surface area contributed by atoms with Crippen LogP contribution in [0.2, 0.25) is 0 Å². The predicted octanol–water partition coefficient (Wildman–Crippen LogP) is 20.4. The summed E-state index contributed by atoms with van der Waals surface area (Å²) in [6, 6.07) is 109. The van der Waals surface area contributed by atoms with Gasteiger partial charge < -0.3 is 18.9 Å². The minimum atomic E-state index is 0.821. The lowest BCUT2D eigenvalue weighted by Gasteiger charge is -2.28. The fraction of sp³-hybridized carbons (Fsp3) is 0. The Morgan fingerprint density at radius 1 is 0.220 bits per heavy atom. The van der Waals surface area contributed by atoms with Gasteiger partial charge in [0.1, 0.15) is 0 Å². The van der Waals surface area contributed by atoms with E-state index in [9.17, 15) is 0 Å². The molecule has 0 amide bonds. The monoisotopic (exact) mass is 1050 g/mol. The normalized spacial score (nSPS) is 11.7. The highest BCUT2D eigenvalue weighted by Crippen LogP contribution is 2.46. The van der Waals surface area contributed by atoms with Crippen molar-refractivity contribution in [3.8, 4) is 33.9 Å². The third-order valence-corrected chi connectivity index (χ3v) is 16.3. The van der Waals surface area contributed by atoms with E-state index in [2.05, 4.69) is 310 Å². The van der Waals surface area contributed by atoms with Crippen molar-refractivity contribution < 1.29 is 0 Å². The van der Waals surface area contributed by atoms with Crippen LogP contribution in [0.1, 0.15) is 0 Å². The molecule has 0 saturated carbocycles. The minimum absolute atomic E-state index is 0.821. The van der Waals surface area contributed by atoms with Gasteiger partial charge in [-0.2, -0.15) is 0 Å². The maximum Gasteiger partial charge on any atom is 0.0979 e. The maximum atomic E-state index is 5.58. The molecule has 16 rings (SSSR count). The summed E-state index contributed by atoms with van der Waals surface area (Å²) in [5.74, 6) is 0. The molecular formula is C76H50N6. The maximum absolute atomic E-state index is 5.58. The molecule has 0 aliphatic carbocycles. The number of fused-ring (bicyclic) bond motifs is 9. The number of aromatic nitrogens is 4. The Morgan fingerprint density at radius 2 is 0.512 bits per heavy atom. The lowest BCUT2D eigenvalue weighted by atomic mass is 9.94. The van der Waals surface area contributed by atoms with Crippen molar-refractivity contribution >= 4 is 110 Å². The van der Waals surface area contributed by atoms with Gasteiger partial charge in [0.15, 0.2) is 0 Å². The van der Waals surface area contributed by atoms with Gasteiger partial charge in [0.25, 0.3) is 0 Å². The molecule has 3 aromatic heterocycles. The van der Waals surface area contributed by atoms with E-state index in [-0.39, 0.29) is 0 Å². The standard InChI is InChI=1S/C76H50N6/c1-3-21-51(22-4-1)79(53-43-47-55(48-44-53)81-71-37-13-7-25-61(71)62-26-8-14-38-72(62)81)69-41-19-29-57-59(69)31-17-33-65(57)75-76(78-68-36-12-11-35-67(68)77-75)66-34-18-32-60-58(66)30-20-42-70(60)80(52-23-5-2-6-24-52)54-45-49-56(50-46-54)82-73-39-15-9-27-63(73)64-28-10-16-40-74(64)82/h1-50H. The number of para-hydroxylation sites is 8. The van der Waals surface area contributed by atoms with E-state index in [0.717, 1.165) is 101 Å². The van der Waals surface area contributed by atoms with Gasteiger partial charge in [-0.15, -0.1) is 0 Å². The predicted molar refractivity (Wildman–Crippen MR) is 343 cm³/mol. The number of nitrogens with zero attached hydrogens (tertiary/aromatic N) is 6. The average Bonchev–Trinajstić information content (AvgIpc) is 4.23. The van der Waals surface area contributed by atoms with Crippen LogP contribution in [0.5, 0.6) is 0 Å². The summed E-state index contributed by atoms with van der Waals surface area (Å²) in [5, 5.41) is 9.32.